The minimum atomic E-state index is -0.988. The lowest BCUT2D eigenvalue weighted by Gasteiger charge is -2.15. The van der Waals surface area contributed by atoms with E-state index >= 15 is 0 Å². The predicted octanol–water partition coefficient (Wildman–Crippen LogP) is 1.72. The van der Waals surface area contributed by atoms with Gasteiger partial charge in [0.25, 0.3) is 0 Å². The van der Waals surface area contributed by atoms with Gasteiger partial charge in [0.2, 0.25) is 0 Å². The predicted molar refractivity (Wildman–Crippen MR) is 58.7 cm³/mol. The molecule has 0 aliphatic carbocycles. The van der Waals surface area contributed by atoms with Crippen molar-refractivity contribution in [3.8, 4) is 11.8 Å². The normalized spacial score (nSPS) is 16.9. The molecule has 0 aromatic carbocycles. The molecular weight excluding hydrogens is 176 g/mol. The molecule has 2 atom stereocenters. The first-order valence-corrected chi connectivity index (χ1v) is 4.84. The molecule has 0 fully saturated rings. The van der Waals surface area contributed by atoms with Crippen molar-refractivity contribution in [2.75, 3.05) is 0 Å². The largest absolute Gasteiger partial charge is 0.387 e. The maximum Gasteiger partial charge on any atom is 0.119 e. The SMILES string of the molecule is C/C=C(/C)[C@H](O)[C@@H](C)C#CC(C)(C)O. The Balaban J connectivity index is 4.48. The summed E-state index contributed by atoms with van der Waals surface area (Å²) >= 11 is 0. The molecule has 80 valence electrons. The van der Waals surface area contributed by atoms with E-state index in [0.717, 1.165) is 5.57 Å². The highest BCUT2D eigenvalue weighted by molar-refractivity contribution is 5.17. The summed E-state index contributed by atoms with van der Waals surface area (Å²) < 4.78 is 0. The van der Waals surface area contributed by atoms with Crippen LogP contribution in [0.15, 0.2) is 11.6 Å². The summed E-state index contributed by atoms with van der Waals surface area (Å²) in [7, 11) is 0. The van der Waals surface area contributed by atoms with Gasteiger partial charge in [0.05, 0.1) is 6.10 Å². The van der Waals surface area contributed by atoms with Crippen molar-refractivity contribution in [2.24, 2.45) is 5.92 Å². The Kier molecular flexibility index (Phi) is 4.90. The Morgan fingerprint density at radius 1 is 1.43 bits per heavy atom. The van der Waals surface area contributed by atoms with Gasteiger partial charge in [-0.2, -0.15) is 0 Å². The summed E-state index contributed by atoms with van der Waals surface area (Å²) in [5.41, 5.74) is -0.0831. The molecular formula is C12H20O2. The zero-order chi connectivity index (χ0) is 11.4. The first-order valence-electron chi connectivity index (χ1n) is 4.84. The van der Waals surface area contributed by atoms with Crippen molar-refractivity contribution in [1.29, 1.82) is 0 Å². The van der Waals surface area contributed by atoms with Crippen LogP contribution in [0.25, 0.3) is 0 Å². The number of allylic oxidation sites excluding steroid dienone is 1. The van der Waals surface area contributed by atoms with Crippen LogP contribution >= 0.6 is 0 Å². The fourth-order valence-electron chi connectivity index (χ4n) is 0.934. The highest BCUT2D eigenvalue weighted by Crippen LogP contribution is 2.11. The molecule has 14 heavy (non-hydrogen) atoms. The van der Waals surface area contributed by atoms with E-state index in [9.17, 15) is 10.2 Å². The third-order valence-electron chi connectivity index (χ3n) is 2.00. The van der Waals surface area contributed by atoms with Crippen molar-refractivity contribution in [2.45, 2.75) is 46.3 Å². The number of hydrogen-bond acceptors (Lipinski definition) is 2. The molecule has 0 aromatic rings. The fourth-order valence-corrected chi connectivity index (χ4v) is 0.934. The second-order valence-corrected chi connectivity index (χ2v) is 4.09. The highest BCUT2D eigenvalue weighted by atomic mass is 16.3. The van der Waals surface area contributed by atoms with Crippen LogP contribution in [-0.4, -0.2) is 21.9 Å². The first kappa shape index (κ1) is 13.2. The lowest BCUT2D eigenvalue weighted by molar-refractivity contribution is 0.142. The van der Waals surface area contributed by atoms with Gasteiger partial charge in [0.15, 0.2) is 0 Å². The summed E-state index contributed by atoms with van der Waals surface area (Å²) in [6.07, 6.45) is 1.32. The fraction of sp³-hybridized carbons (Fsp3) is 0.667. The zero-order valence-electron chi connectivity index (χ0n) is 9.63. The third-order valence-corrected chi connectivity index (χ3v) is 2.00. The van der Waals surface area contributed by atoms with Gasteiger partial charge in [-0.25, -0.2) is 0 Å². The Labute approximate surface area is 86.7 Å². The molecule has 2 N–H and O–H groups in total. The standard InChI is InChI=1S/C12H20O2/c1-6-9(2)11(13)10(3)7-8-12(4,5)14/h6,10-11,13-14H,1-5H3/b9-6-/t10-,11-/m0/s1. The van der Waals surface area contributed by atoms with Gasteiger partial charge in [-0.15, -0.1) is 0 Å². The number of rotatable bonds is 2. The molecule has 0 saturated heterocycles. The van der Waals surface area contributed by atoms with E-state index < -0.39 is 11.7 Å². The quantitative estimate of drug-likeness (QED) is 0.521. The molecule has 0 aliphatic heterocycles. The van der Waals surface area contributed by atoms with Gasteiger partial charge in [-0.1, -0.05) is 17.9 Å². The van der Waals surface area contributed by atoms with Crippen LogP contribution in [-0.2, 0) is 0 Å². The van der Waals surface area contributed by atoms with Crippen molar-refractivity contribution in [1.82, 2.24) is 0 Å². The lowest BCUT2D eigenvalue weighted by Crippen LogP contribution is -2.20. The molecule has 0 aromatic heterocycles. The highest BCUT2D eigenvalue weighted by Gasteiger charge is 2.14. The van der Waals surface area contributed by atoms with E-state index in [2.05, 4.69) is 11.8 Å². The van der Waals surface area contributed by atoms with Gasteiger partial charge in [0, 0.05) is 5.92 Å². The van der Waals surface area contributed by atoms with Crippen LogP contribution < -0.4 is 0 Å². The smallest absolute Gasteiger partial charge is 0.119 e. The molecule has 2 nitrogen and oxygen atoms in total. The molecule has 0 heterocycles. The van der Waals surface area contributed by atoms with Gasteiger partial charge >= 0.3 is 0 Å². The Hall–Kier alpha value is -0.780. The van der Waals surface area contributed by atoms with E-state index in [4.69, 9.17) is 0 Å². The van der Waals surface area contributed by atoms with Crippen LogP contribution in [0.3, 0.4) is 0 Å². The molecule has 0 unspecified atom stereocenters. The van der Waals surface area contributed by atoms with Gasteiger partial charge < -0.3 is 10.2 Å². The minimum absolute atomic E-state index is 0.155. The molecule has 2 heteroatoms. The van der Waals surface area contributed by atoms with Gasteiger partial charge in [0.1, 0.15) is 5.60 Å². The molecule has 0 amide bonds. The average molecular weight is 196 g/mol. The van der Waals surface area contributed by atoms with Crippen molar-refractivity contribution in [3.63, 3.8) is 0 Å². The second kappa shape index (κ2) is 5.19. The lowest BCUT2D eigenvalue weighted by atomic mass is 9.97. The monoisotopic (exact) mass is 196 g/mol. The molecule has 0 aliphatic rings. The minimum Gasteiger partial charge on any atom is -0.387 e. The van der Waals surface area contributed by atoms with E-state index in [0.29, 0.717) is 0 Å². The Morgan fingerprint density at radius 3 is 2.29 bits per heavy atom. The number of aliphatic hydroxyl groups is 2. The van der Waals surface area contributed by atoms with Crippen molar-refractivity contribution >= 4 is 0 Å². The summed E-state index contributed by atoms with van der Waals surface area (Å²) in [6.45, 7) is 8.85. The van der Waals surface area contributed by atoms with Gasteiger partial charge in [-0.3, -0.25) is 0 Å². The molecule has 0 spiro atoms. The summed E-state index contributed by atoms with van der Waals surface area (Å²) in [5.74, 6) is 5.39. The van der Waals surface area contributed by atoms with Crippen LogP contribution in [0.5, 0.6) is 0 Å². The Morgan fingerprint density at radius 2 is 1.93 bits per heavy atom. The zero-order valence-corrected chi connectivity index (χ0v) is 9.63. The molecule has 0 rings (SSSR count). The second-order valence-electron chi connectivity index (χ2n) is 4.09. The summed E-state index contributed by atoms with van der Waals surface area (Å²) in [5, 5.41) is 19.1. The number of hydrogen-bond donors (Lipinski definition) is 2. The molecule has 0 saturated carbocycles. The maximum atomic E-state index is 9.73. The maximum absolute atomic E-state index is 9.73. The van der Waals surface area contributed by atoms with Crippen LogP contribution in [0.2, 0.25) is 0 Å². The first-order chi connectivity index (χ1) is 6.28. The van der Waals surface area contributed by atoms with Crippen LogP contribution in [0.1, 0.15) is 34.6 Å². The molecule has 0 radical (unpaired) electrons. The Bertz CT molecular complexity index is 260. The van der Waals surface area contributed by atoms with E-state index in [1.165, 1.54) is 0 Å². The van der Waals surface area contributed by atoms with E-state index in [1.807, 2.05) is 26.8 Å². The molecule has 0 bridgehead atoms. The van der Waals surface area contributed by atoms with Crippen molar-refractivity contribution in [3.05, 3.63) is 11.6 Å². The van der Waals surface area contributed by atoms with Crippen molar-refractivity contribution < 1.29 is 10.2 Å². The number of aliphatic hydroxyl groups excluding tert-OH is 1. The van der Waals surface area contributed by atoms with E-state index in [-0.39, 0.29) is 5.92 Å². The topological polar surface area (TPSA) is 40.5 Å². The van der Waals surface area contributed by atoms with E-state index in [1.54, 1.807) is 13.8 Å². The average Bonchev–Trinajstić information content (AvgIpc) is 2.10. The summed E-state index contributed by atoms with van der Waals surface area (Å²) in [6, 6.07) is 0. The van der Waals surface area contributed by atoms with Crippen LogP contribution in [0.4, 0.5) is 0 Å². The van der Waals surface area contributed by atoms with Crippen LogP contribution in [0, 0.1) is 17.8 Å². The van der Waals surface area contributed by atoms with Gasteiger partial charge in [-0.05, 0) is 40.2 Å². The summed E-state index contributed by atoms with van der Waals surface area (Å²) in [4.78, 5) is 0. The third kappa shape index (κ3) is 5.06.